The van der Waals surface area contributed by atoms with Crippen LogP contribution in [0.2, 0.25) is 0 Å². The number of hydrogen-bond acceptors (Lipinski definition) is 3. The smallest absolute Gasteiger partial charge is 0.343 e. The number of halogens is 1. The highest BCUT2D eigenvalue weighted by Gasteiger charge is 2.11. The van der Waals surface area contributed by atoms with Crippen LogP contribution in [0.3, 0.4) is 0 Å². The van der Waals surface area contributed by atoms with Crippen molar-refractivity contribution >= 4 is 5.97 Å². The van der Waals surface area contributed by atoms with Crippen LogP contribution in [0.4, 0.5) is 4.39 Å². The van der Waals surface area contributed by atoms with E-state index in [9.17, 15) is 9.18 Å². The maximum atomic E-state index is 13.4. The Bertz CT molecular complexity index is 700. The number of hydrogen-bond donors (Lipinski definition) is 0. The lowest BCUT2D eigenvalue weighted by Gasteiger charge is -2.07. The molecule has 106 valence electrons. The lowest BCUT2D eigenvalue weighted by molar-refractivity contribution is 0.0734. The molecule has 0 fully saturated rings. The maximum Gasteiger partial charge on any atom is 0.343 e. The van der Waals surface area contributed by atoms with Crippen LogP contribution in [0.25, 0.3) is 0 Å². The van der Waals surface area contributed by atoms with Gasteiger partial charge in [-0.1, -0.05) is 26.0 Å². The van der Waals surface area contributed by atoms with Crippen LogP contribution in [0.5, 0.6) is 5.75 Å². The minimum absolute atomic E-state index is 0.0736. The van der Waals surface area contributed by atoms with Gasteiger partial charge in [0.25, 0.3) is 0 Å². The zero-order valence-electron chi connectivity index (χ0n) is 11.8. The van der Waals surface area contributed by atoms with Crippen molar-refractivity contribution < 1.29 is 13.9 Å². The second-order valence-corrected chi connectivity index (χ2v) is 4.92. The molecular weight excluding hydrogens is 269 g/mol. The molecule has 4 heteroatoms. The van der Waals surface area contributed by atoms with Crippen molar-refractivity contribution in [1.82, 2.24) is 0 Å². The van der Waals surface area contributed by atoms with Gasteiger partial charge in [-0.2, -0.15) is 5.26 Å². The van der Waals surface area contributed by atoms with Crippen LogP contribution < -0.4 is 4.74 Å². The molecule has 2 rings (SSSR count). The average molecular weight is 283 g/mol. The molecule has 0 atom stereocenters. The predicted molar refractivity (Wildman–Crippen MR) is 76.6 cm³/mol. The van der Waals surface area contributed by atoms with E-state index in [2.05, 4.69) is 13.8 Å². The molecule has 0 spiro atoms. The Morgan fingerprint density at radius 2 is 1.86 bits per heavy atom. The van der Waals surface area contributed by atoms with Gasteiger partial charge in [0.15, 0.2) is 0 Å². The van der Waals surface area contributed by atoms with Gasteiger partial charge in [0.1, 0.15) is 17.6 Å². The van der Waals surface area contributed by atoms with Gasteiger partial charge in [0.05, 0.1) is 11.1 Å². The Morgan fingerprint density at radius 3 is 2.38 bits per heavy atom. The number of nitrogens with zero attached hydrogens (tertiary/aromatic N) is 1. The van der Waals surface area contributed by atoms with Crippen molar-refractivity contribution in [1.29, 1.82) is 5.26 Å². The molecule has 2 aromatic rings. The summed E-state index contributed by atoms with van der Waals surface area (Å²) in [7, 11) is 0. The van der Waals surface area contributed by atoms with Gasteiger partial charge in [-0.15, -0.1) is 0 Å². The minimum Gasteiger partial charge on any atom is -0.423 e. The number of esters is 1. The van der Waals surface area contributed by atoms with E-state index in [0.29, 0.717) is 11.5 Å². The molecule has 0 unspecified atom stereocenters. The van der Waals surface area contributed by atoms with Crippen molar-refractivity contribution in [2.75, 3.05) is 0 Å². The van der Waals surface area contributed by atoms with Crippen LogP contribution in [0.15, 0.2) is 42.5 Å². The molecule has 0 saturated heterocycles. The number of nitriles is 1. The average Bonchev–Trinajstić information content (AvgIpc) is 2.47. The van der Waals surface area contributed by atoms with Crippen molar-refractivity contribution in [3.63, 3.8) is 0 Å². The number of carbonyl (C=O) groups excluding carboxylic acids is 1. The SMILES string of the molecule is CC(C)c1ccc(C(=O)Oc2ccc(C#N)c(F)c2)cc1. The highest BCUT2D eigenvalue weighted by molar-refractivity contribution is 5.91. The molecule has 0 amide bonds. The zero-order chi connectivity index (χ0) is 15.4. The largest absolute Gasteiger partial charge is 0.423 e. The van der Waals surface area contributed by atoms with E-state index < -0.39 is 11.8 Å². The van der Waals surface area contributed by atoms with E-state index in [1.165, 1.54) is 12.1 Å². The Kier molecular flexibility index (Phi) is 4.34. The van der Waals surface area contributed by atoms with E-state index in [1.54, 1.807) is 18.2 Å². The van der Waals surface area contributed by atoms with Crippen LogP contribution in [-0.4, -0.2) is 5.97 Å². The van der Waals surface area contributed by atoms with Crippen molar-refractivity contribution in [2.45, 2.75) is 19.8 Å². The predicted octanol–water partition coefficient (Wildman–Crippen LogP) is 4.04. The van der Waals surface area contributed by atoms with Gasteiger partial charge in [-0.3, -0.25) is 0 Å². The van der Waals surface area contributed by atoms with Crippen LogP contribution >= 0.6 is 0 Å². The first-order valence-corrected chi connectivity index (χ1v) is 6.53. The molecule has 0 saturated carbocycles. The number of rotatable bonds is 3. The molecule has 0 N–H and O–H groups in total. The molecule has 0 bridgehead atoms. The summed E-state index contributed by atoms with van der Waals surface area (Å²) in [5, 5.41) is 8.64. The molecule has 0 aliphatic rings. The van der Waals surface area contributed by atoms with Crippen LogP contribution in [0.1, 0.15) is 41.3 Å². The number of benzene rings is 2. The summed E-state index contributed by atoms with van der Waals surface area (Å²) >= 11 is 0. The standard InChI is InChI=1S/C17H14FNO2/c1-11(2)12-3-5-13(6-4-12)17(20)21-15-8-7-14(10-19)16(18)9-15/h3-9,11H,1-2H3. The second-order valence-electron chi connectivity index (χ2n) is 4.92. The van der Waals surface area contributed by atoms with Crippen molar-refractivity contribution in [3.8, 4) is 11.8 Å². The highest BCUT2D eigenvalue weighted by Crippen LogP contribution is 2.19. The van der Waals surface area contributed by atoms with Gasteiger partial charge in [0.2, 0.25) is 0 Å². The maximum absolute atomic E-state index is 13.4. The van der Waals surface area contributed by atoms with E-state index in [-0.39, 0.29) is 11.3 Å². The van der Waals surface area contributed by atoms with Gasteiger partial charge in [0, 0.05) is 6.07 Å². The number of ether oxygens (including phenoxy) is 1. The minimum atomic E-state index is -0.710. The molecule has 0 heterocycles. The first-order valence-electron chi connectivity index (χ1n) is 6.53. The third-order valence-corrected chi connectivity index (χ3v) is 3.08. The summed E-state index contributed by atoms with van der Waals surface area (Å²) in [6.07, 6.45) is 0. The van der Waals surface area contributed by atoms with Gasteiger partial charge in [-0.05, 0) is 35.7 Å². The molecule has 0 aromatic heterocycles. The molecule has 21 heavy (non-hydrogen) atoms. The molecule has 3 nitrogen and oxygen atoms in total. The normalized spacial score (nSPS) is 10.2. The van der Waals surface area contributed by atoms with Crippen molar-refractivity contribution in [2.24, 2.45) is 0 Å². The fourth-order valence-corrected chi connectivity index (χ4v) is 1.82. The van der Waals surface area contributed by atoms with Crippen molar-refractivity contribution in [3.05, 3.63) is 65.0 Å². The third-order valence-electron chi connectivity index (χ3n) is 3.08. The third kappa shape index (κ3) is 3.46. The van der Waals surface area contributed by atoms with Gasteiger partial charge in [-0.25, -0.2) is 9.18 Å². The molecule has 2 aromatic carbocycles. The summed E-state index contributed by atoms with van der Waals surface area (Å²) in [6.45, 7) is 4.12. The Labute approximate surface area is 122 Å². The Balaban J connectivity index is 2.14. The number of carbonyl (C=O) groups is 1. The van der Waals surface area contributed by atoms with E-state index in [1.807, 2.05) is 12.1 Å². The summed E-state index contributed by atoms with van der Waals surface area (Å²) in [5.74, 6) is -0.820. The van der Waals surface area contributed by atoms with E-state index in [4.69, 9.17) is 10.00 Å². The second kappa shape index (κ2) is 6.19. The summed E-state index contributed by atoms with van der Waals surface area (Å²) in [5.41, 5.74) is 1.43. The van der Waals surface area contributed by atoms with Gasteiger partial charge >= 0.3 is 5.97 Å². The topological polar surface area (TPSA) is 50.1 Å². The lowest BCUT2D eigenvalue weighted by Crippen LogP contribution is -2.08. The quantitative estimate of drug-likeness (QED) is 0.631. The highest BCUT2D eigenvalue weighted by atomic mass is 19.1. The summed E-state index contributed by atoms with van der Waals surface area (Å²) in [4.78, 5) is 12.0. The van der Waals surface area contributed by atoms with Crippen LogP contribution in [-0.2, 0) is 0 Å². The van der Waals surface area contributed by atoms with E-state index in [0.717, 1.165) is 11.6 Å². The monoisotopic (exact) mass is 283 g/mol. The van der Waals surface area contributed by atoms with Crippen LogP contribution in [0, 0.1) is 17.1 Å². The summed E-state index contributed by atoms with van der Waals surface area (Å²) < 4.78 is 18.5. The Hall–Kier alpha value is -2.67. The Morgan fingerprint density at radius 1 is 1.19 bits per heavy atom. The fourth-order valence-electron chi connectivity index (χ4n) is 1.82. The summed E-state index contributed by atoms with van der Waals surface area (Å²) in [6, 6.07) is 12.5. The van der Waals surface area contributed by atoms with E-state index >= 15 is 0 Å². The molecule has 0 radical (unpaired) electrons. The first kappa shape index (κ1) is 14.7. The first-order chi connectivity index (χ1) is 10.0. The zero-order valence-corrected chi connectivity index (χ0v) is 11.8. The molecule has 0 aliphatic heterocycles. The fraction of sp³-hybridized carbons (Fsp3) is 0.176. The van der Waals surface area contributed by atoms with Gasteiger partial charge < -0.3 is 4.74 Å². The molecule has 0 aliphatic carbocycles. The molecular formula is C17H14FNO2. The lowest BCUT2D eigenvalue weighted by atomic mass is 10.0.